The van der Waals surface area contributed by atoms with Crippen molar-refractivity contribution < 1.29 is 13.9 Å². The number of carbonyl (C=O) groups is 1. The molecule has 0 bridgehead atoms. The Balaban J connectivity index is 2.26. The standard InChI is InChI=1S/C11H12O3/c1-7-6-9(8(2)12)11(14-7)10-4-3-5-13-10/h3-6,9,11H,1-2H3/t9-,11+/m1/s1. The van der Waals surface area contributed by atoms with Crippen LogP contribution in [-0.2, 0) is 9.53 Å². The van der Waals surface area contributed by atoms with Gasteiger partial charge in [-0.15, -0.1) is 0 Å². The van der Waals surface area contributed by atoms with Gasteiger partial charge in [-0.25, -0.2) is 0 Å². The molecule has 3 heteroatoms. The molecule has 3 nitrogen and oxygen atoms in total. The van der Waals surface area contributed by atoms with Gasteiger partial charge >= 0.3 is 0 Å². The molecule has 2 atom stereocenters. The maximum Gasteiger partial charge on any atom is 0.169 e. The van der Waals surface area contributed by atoms with E-state index < -0.39 is 0 Å². The molecule has 0 N–H and O–H groups in total. The number of hydrogen-bond donors (Lipinski definition) is 0. The largest absolute Gasteiger partial charge is 0.486 e. The summed E-state index contributed by atoms with van der Waals surface area (Å²) < 4.78 is 10.8. The van der Waals surface area contributed by atoms with Crippen molar-refractivity contribution in [1.82, 2.24) is 0 Å². The molecule has 1 aliphatic heterocycles. The van der Waals surface area contributed by atoms with Crippen LogP contribution in [0.25, 0.3) is 0 Å². The third-order valence-corrected chi connectivity index (χ3v) is 2.35. The second-order valence-corrected chi connectivity index (χ2v) is 3.47. The molecular weight excluding hydrogens is 180 g/mol. The number of hydrogen-bond acceptors (Lipinski definition) is 3. The SMILES string of the molecule is CC(=O)[C@H]1C=C(C)O[C@@H]1c1ccco1. The molecule has 1 aromatic rings. The highest BCUT2D eigenvalue weighted by Gasteiger charge is 2.34. The first-order valence-corrected chi connectivity index (χ1v) is 4.57. The highest BCUT2D eigenvalue weighted by Crippen LogP contribution is 2.36. The van der Waals surface area contributed by atoms with Gasteiger partial charge in [0.1, 0.15) is 11.5 Å². The first-order valence-electron chi connectivity index (χ1n) is 4.57. The first kappa shape index (κ1) is 9.06. The molecule has 0 radical (unpaired) electrons. The molecule has 0 saturated heterocycles. The van der Waals surface area contributed by atoms with Crippen LogP contribution in [0.2, 0.25) is 0 Å². The van der Waals surface area contributed by atoms with Crippen LogP contribution in [-0.4, -0.2) is 5.78 Å². The fourth-order valence-corrected chi connectivity index (χ4v) is 1.67. The fraction of sp³-hybridized carbons (Fsp3) is 0.364. The van der Waals surface area contributed by atoms with E-state index in [2.05, 4.69) is 0 Å². The summed E-state index contributed by atoms with van der Waals surface area (Å²) in [5, 5.41) is 0. The number of ketones is 1. The van der Waals surface area contributed by atoms with Gasteiger partial charge in [-0.05, 0) is 32.1 Å². The number of furan rings is 1. The van der Waals surface area contributed by atoms with Crippen molar-refractivity contribution >= 4 is 5.78 Å². The molecular formula is C11H12O3. The normalized spacial score (nSPS) is 25.7. The Morgan fingerprint density at radius 2 is 2.29 bits per heavy atom. The van der Waals surface area contributed by atoms with Crippen LogP contribution in [0.3, 0.4) is 0 Å². The van der Waals surface area contributed by atoms with Crippen molar-refractivity contribution in [2.45, 2.75) is 20.0 Å². The molecule has 14 heavy (non-hydrogen) atoms. The van der Waals surface area contributed by atoms with Crippen molar-refractivity contribution in [1.29, 1.82) is 0 Å². The van der Waals surface area contributed by atoms with Gasteiger partial charge in [-0.2, -0.15) is 0 Å². The summed E-state index contributed by atoms with van der Waals surface area (Å²) in [6.45, 7) is 3.41. The molecule has 0 spiro atoms. The number of allylic oxidation sites excluding steroid dienone is 1. The Morgan fingerprint density at radius 3 is 2.86 bits per heavy atom. The van der Waals surface area contributed by atoms with Gasteiger partial charge in [-0.1, -0.05) is 0 Å². The minimum Gasteiger partial charge on any atom is -0.486 e. The zero-order valence-electron chi connectivity index (χ0n) is 8.19. The first-order chi connectivity index (χ1) is 6.68. The van der Waals surface area contributed by atoms with E-state index in [9.17, 15) is 4.79 Å². The van der Waals surface area contributed by atoms with Gasteiger partial charge in [-0.3, -0.25) is 4.79 Å². The third kappa shape index (κ3) is 1.45. The molecule has 1 aromatic heterocycles. The van der Waals surface area contributed by atoms with E-state index in [4.69, 9.17) is 9.15 Å². The highest BCUT2D eigenvalue weighted by atomic mass is 16.5. The molecule has 0 aliphatic carbocycles. The van der Waals surface area contributed by atoms with Crippen LogP contribution in [0.1, 0.15) is 25.7 Å². The van der Waals surface area contributed by atoms with Gasteiger partial charge in [0.2, 0.25) is 0 Å². The van der Waals surface area contributed by atoms with E-state index in [1.807, 2.05) is 19.1 Å². The lowest BCUT2D eigenvalue weighted by molar-refractivity contribution is -0.122. The summed E-state index contributed by atoms with van der Waals surface area (Å²) in [4.78, 5) is 11.3. The lowest BCUT2D eigenvalue weighted by Crippen LogP contribution is -2.14. The van der Waals surface area contributed by atoms with E-state index in [1.54, 1.807) is 19.3 Å². The fourth-order valence-electron chi connectivity index (χ4n) is 1.67. The molecule has 2 heterocycles. The average Bonchev–Trinajstić information content (AvgIpc) is 2.70. The van der Waals surface area contributed by atoms with Gasteiger partial charge in [0.25, 0.3) is 0 Å². The highest BCUT2D eigenvalue weighted by molar-refractivity contribution is 5.81. The molecule has 0 aromatic carbocycles. The Kier molecular flexibility index (Phi) is 2.15. The summed E-state index contributed by atoms with van der Waals surface area (Å²) in [7, 11) is 0. The molecule has 1 aliphatic rings. The molecule has 0 saturated carbocycles. The summed E-state index contributed by atoms with van der Waals surface area (Å²) in [6.07, 6.45) is 3.15. The lowest BCUT2D eigenvalue weighted by atomic mass is 9.98. The molecule has 0 fully saturated rings. The molecule has 2 rings (SSSR count). The number of rotatable bonds is 2. The van der Waals surface area contributed by atoms with Gasteiger partial charge < -0.3 is 9.15 Å². The predicted octanol–water partition coefficient (Wildman–Crippen LogP) is 2.46. The van der Waals surface area contributed by atoms with E-state index in [-0.39, 0.29) is 17.8 Å². The lowest BCUT2D eigenvalue weighted by Gasteiger charge is -2.14. The predicted molar refractivity (Wildman–Crippen MR) is 50.5 cm³/mol. The zero-order valence-corrected chi connectivity index (χ0v) is 8.19. The molecule has 0 amide bonds. The van der Waals surface area contributed by atoms with Crippen LogP contribution in [0.5, 0.6) is 0 Å². The van der Waals surface area contributed by atoms with Gasteiger partial charge in [0.15, 0.2) is 6.10 Å². The van der Waals surface area contributed by atoms with Crippen LogP contribution in [0, 0.1) is 5.92 Å². The molecule has 0 unspecified atom stereocenters. The van der Waals surface area contributed by atoms with Crippen LogP contribution in [0.4, 0.5) is 0 Å². The second kappa shape index (κ2) is 3.33. The summed E-state index contributed by atoms with van der Waals surface area (Å²) in [5.41, 5.74) is 0. The Bertz CT molecular complexity index is 362. The van der Waals surface area contributed by atoms with Crippen LogP contribution < -0.4 is 0 Å². The van der Waals surface area contributed by atoms with E-state index in [1.165, 1.54) is 0 Å². The minimum atomic E-state index is -0.275. The van der Waals surface area contributed by atoms with Crippen LogP contribution >= 0.6 is 0 Å². The van der Waals surface area contributed by atoms with Crippen molar-refractivity contribution in [3.05, 3.63) is 36.0 Å². The van der Waals surface area contributed by atoms with E-state index >= 15 is 0 Å². The van der Waals surface area contributed by atoms with E-state index in [0.717, 1.165) is 5.76 Å². The Morgan fingerprint density at radius 1 is 1.50 bits per heavy atom. The summed E-state index contributed by atoms with van der Waals surface area (Å²) in [5.74, 6) is 1.38. The van der Waals surface area contributed by atoms with Crippen molar-refractivity contribution in [2.24, 2.45) is 5.92 Å². The van der Waals surface area contributed by atoms with Crippen molar-refractivity contribution in [3.8, 4) is 0 Å². The second-order valence-electron chi connectivity index (χ2n) is 3.47. The average molecular weight is 192 g/mol. The Labute approximate surface area is 82.4 Å². The van der Waals surface area contributed by atoms with Crippen LogP contribution in [0.15, 0.2) is 34.6 Å². The quantitative estimate of drug-likeness (QED) is 0.722. The number of Topliss-reactive ketones (excluding diaryl/α,β-unsaturated/α-hetero) is 1. The molecule has 74 valence electrons. The monoisotopic (exact) mass is 192 g/mol. The topological polar surface area (TPSA) is 39.4 Å². The number of carbonyl (C=O) groups excluding carboxylic acids is 1. The maximum absolute atomic E-state index is 11.3. The summed E-state index contributed by atoms with van der Waals surface area (Å²) in [6, 6.07) is 3.62. The van der Waals surface area contributed by atoms with Crippen molar-refractivity contribution in [2.75, 3.05) is 0 Å². The number of ether oxygens (including phenoxy) is 1. The Hall–Kier alpha value is -1.51. The smallest absolute Gasteiger partial charge is 0.169 e. The summed E-state index contributed by atoms with van der Waals surface area (Å²) >= 11 is 0. The van der Waals surface area contributed by atoms with Gasteiger partial charge in [0, 0.05) is 0 Å². The van der Waals surface area contributed by atoms with Gasteiger partial charge in [0.05, 0.1) is 17.9 Å². The van der Waals surface area contributed by atoms with Crippen molar-refractivity contribution in [3.63, 3.8) is 0 Å². The zero-order chi connectivity index (χ0) is 10.1. The minimum absolute atomic E-state index is 0.100. The third-order valence-electron chi connectivity index (χ3n) is 2.35. The maximum atomic E-state index is 11.3. The van der Waals surface area contributed by atoms with E-state index in [0.29, 0.717) is 5.76 Å².